The maximum absolute atomic E-state index is 12.2. The molecule has 0 heterocycles. The highest BCUT2D eigenvalue weighted by Gasteiger charge is 2.31. The van der Waals surface area contributed by atoms with Crippen molar-refractivity contribution in [3.63, 3.8) is 0 Å². The number of hydrogen-bond acceptors (Lipinski definition) is 2. The maximum atomic E-state index is 12.2. The first-order valence-electron chi connectivity index (χ1n) is 10.2. The molecule has 140 valence electrons. The molecule has 2 fully saturated rings. The van der Waals surface area contributed by atoms with Crippen molar-refractivity contribution in [2.75, 3.05) is 12.3 Å². The molecule has 3 nitrogen and oxygen atoms in total. The number of carbonyl (C=O) groups excluding carboxylic acids is 1. The number of amides is 2. The van der Waals surface area contributed by atoms with Gasteiger partial charge in [0.2, 0.25) is 0 Å². The Morgan fingerprint density at radius 1 is 1.12 bits per heavy atom. The standard InChI is InChI=1S/C20H38N2OS/c1-15(2)18-11-10-16(3)14-19(18)22-20(23)21-12-7-13-24-17-8-5-4-6-9-17/h15-19H,4-14H2,1-3H3,(H2,21,22,23)/t16-,18+,19-/m1/s1. The van der Waals surface area contributed by atoms with Crippen molar-refractivity contribution in [1.29, 1.82) is 0 Å². The number of rotatable bonds is 7. The first-order valence-corrected chi connectivity index (χ1v) is 11.3. The third kappa shape index (κ3) is 6.85. The van der Waals surface area contributed by atoms with Crippen LogP contribution >= 0.6 is 11.8 Å². The minimum atomic E-state index is 0.0439. The molecule has 0 aliphatic heterocycles. The highest BCUT2D eigenvalue weighted by molar-refractivity contribution is 7.99. The van der Waals surface area contributed by atoms with Crippen LogP contribution in [-0.4, -0.2) is 29.6 Å². The van der Waals surface area contributed by atoms with Crippen molar-refractivity contribution < 1.29 is 4.79 Å². The molecule has 2 aliphatic rings. The molecular weight excluding hydrogens is 316 g/mol. The molecule has 0 spiro atoms. The average Bonchev–Trinajstić information content (AvgIpc) is 2.55. The van der Waals surface area contributed by atoms with Crippen LogP contribution in [0.25, 0.3) is 0 Å². The van der Waals surface area contributed by atoms with Gasteiger partial charge in [0.1, 0.15) is 0 Å². The molecule has 0 aromatic heterocycles. The van der Waals surface area contributed by atoms with Gasteiger partial charge in [0, 0.05) is 17.8 Å². The summed E-state index contributed by atoms with van der Waals surface area (Å²) in [6, 6.07) is 0.396. The lowest BCUT2D eigenvalue weighted by atomic mass is 9.74. The van der Waals surface area contributed by atoms with E-state index in [9.17, 15) is 4.79 Å². The van der Waals surface area contributed by atoms with Gasteiger partial charge in [-0.3, -0.25) is 0 Å². The van der Waals surface area contributed by atoms with Gasteiger partial charge >= 0.3 is 6.03 Å². The van der Waals surface area contributed by atoms with Gasteiger partial charge in [-0.2, -0.15) is 11.8 Å². The van der Waals surface area contributed by atoms with E-state index in [0.29, 0.717) is 17.9 Å². The molecule has 2 saturated carbocycles. The van der Waals surface area contributed by atoms with Crippen molar-refractivity contribution in [2.45, 2.75) is 89.9 Å². The van der Waals surface area contributed by atoms with Crippen LogP contribution in [-0.2, 0) is 0 Å². The minimum absolute atomic E-state index is 0.0439. The van der Waals surface area contributed by atoms with Crippen LogP contribution in [0.3, 0.4) is 0 Å². The average molecular weight is 355 g/mol. The van der Waals surface area contributed by atoms with Crippen LogP contribution in [0.1, 0.15) is 78.6 Å². The van der Waals surface area contributed by atoms with Crippen molar-refractivity contribution in [2.24, 2.45) is 17.8 Å². The lowest BCUT2D eigenvalue weighted by molar-refractivity contribution is 0.168. The summed E-state index contributed by atoms with van der Waals surface area (Å²) < 4.78 is 0. The summed E-state index contributed by atoms with van der Waals surface area (Å²) in [5.74, 6) is 3.20. The van der Waals surface area contributed by atoms with E-state index in [2.05, 4.69) is 43.2 Å². The quantitative estimate of drug-likeness (QED) is 0.617. The molecule has 0 aromatic carbocycles. The van der Waals surface area contributed by atoms with Gasteiger partial charge in [0.15, 0.2) is 0 Å². The summed E-state index contributed by atoms with van der Waals surface area (Å²) >= 11 is 2.12. The van der Waals surface area contributed by atoms with Gasteiger partial charge < -0.3 is 10.6 Å². The van der Waals surface area contributed by atoms with Gasteiger partial charge in [-0.25, -0.2) is 4.79 Å². The van der Waals surface area contributed by atoms with Crippen LogP contribution in [0, 0.1) is 17.8 Å². The Balaban J connectivity index is 1.59. The minimum Gasteiger partial charge on any atom is -0.338 e. The van der Waals surface area contributed by atoms with E-state index in [1.165, 1.54) is 50.7 Å². The SMILES string of the molecule is CC(C)[C@@H]1CC[C@@H](C)C[C@H]1NC(=O)NCCCSC1CCCCC1. The lowest BCUT2D eigenvalue weighted by Crippen LogP contribution is -2.49. The largest absolute Gasteiger partial charge is 0.338 e. The zero-order valence-corrected chi connectivity index (χ0v) is 16.8. The lowest BCUT2D eigenvalue weighted by Gasteiger charge is -2.37. The summed E-state index contributed by atoms with van der Waals surface area (Å²) in [5.41, 5.74) is 0. The highest BCUT2D eigenvalue weighted by atomic mass is 32.2. The molecule has 0 radical (unpaired) electrons. The third-order valence-electron chi connectivity index (χ3n) is 5.85. The van der Waals surface area contributed by atoms with E-state index < -0.39 is 0 Å². The highest BCUT2D eigenvalue weighted by Crippen LogP contribution is 2.33. The molecule has 0 unspecified atom stereocenters. The predicted molar refractivity (Wildman–Crippen MR) is 106 cm³/mol. The van der Waals surface area contributed by atoms with Gasteiger partial charge in [0.25, 0.3) is 0 Å². The van der Waals surface area contributed by atoms with Crippen molar-refractivity contribution >= 4 is 17.8 Å². The van der Waals surface area contributed by atoms with Gasteiger partial charge in [0.05, 0.1) is 0 Å². The second-order valence-corrected chi connectivity index (χ2v) is 9.73. The molecule has 0 saturated heterocycles. The van der Waals surface area contributed by atoms with Gasteiger partial charge in [-0.1, -0.05) is 46.5 Å². The summed E-state index contributed by atoms with van der Waals surface area (Å²) in [4.78, 5) is 12.2. The normalized spacial score (nSPS) is 28.8. The molecule has 2 aliphatic carbocycles. The summed E-state index contributed by atoms with van der Waals surface area (Å²) in [7, 11) is 0. The maximum Gasteiger partial charge on any atom is 0.315 e. The van der Waals surface area contributed by atoms with Gasteiger partial charge in [-0.15, -0.1) is 0 Å². The zero-order chi connectivity index (χ0) is 17.4. The molecule has 0 bridgehead atoms. The molecule has 2 rings (SSSR count). The van der Waals surface area contributed by atoms with E-state index in [1.807, 2.05) is 0 Å². The number of carbonyl (C=O) groups is 1. The zero-order valence-electron chi connectivity index (χ0n) is 16.0. The van der Waals surface area contributed by atoms with Crippen molar-refractivity contribution in [3.8, 4) is 0 Å². The first-order chi connectivity index (χ1) is 11.6. The monoisotopic (exact) mass is 354 g/mol. The predicted octanol–water partition coefficient (Wildman–Crippen LogP) is 5.20. The van der Waals surface area contributed by atoms with Crippen LogP contribution < -0.4 is 10.6 Å². The Bertz CT molecular complexity index is 369. The fourth-order valence-electron chi connectivity index (χ4n) is 4.34. The Morgan fingerprint density at radius 2 is 1.88 bits per heavy atom. The summed E-state index contributed by atoms with van der Waals surface area (Å²) in [5, 5.41) is 7.22. The Hall–Kier alpha value is -0.380. The van der Waals surface area contributed by atoms with E-state index in [4.69, 9.17) is 0 Å². The van der Waals surface area contributed by atoms with Crippen LogP contribution in [0.15, 0.2) is 0 Å². The van der Waals surface area contributed by atoms with E-state index in [1.54, 1.807) is 0 Å². The summed E-state index contributed by atoms with van der Waals surface area (Å²) in [6.45, 7) is 7.69. The molecule has 2 amide bonds. The van der Waals surface area contributed by atoms with Gasteiger partial charge in [-0.05, 0) is 55.6 Å². The molecule has 2 N–H and O–H groups in total. The fraction of sp³-hybridized carbons (Fsp3) is 0.950. The first kappa shape index (κ1) is 19.9. The smallest absolute Gasteiger partial charge is 0.315 e. The third-order valence-corrected chi connectivity index (χ3v) is 7.32. The Kier molecular flexibility index (Phi) is 8.79. The molecular formula is C20H38N2OS. The van der Waals surface area contributed by atoms with Crippen LogP contribution in [0.5, 0.6) is 0 Å². The number of nitrogens with one attached hydrogen (secondary N) is 2. The fourth-order valence-corrected chi connectivity index (χ4v) is 5.65. The van der Waals surface area contributed by atoms with E-state index in [-0.39, 0.29) is 6.03 Å². The Morgan fingerprint density at radius 3 is 2.58 bits per heavy atom. The number of thioether (sulfide) groups is 1. The van der Waals surface area contributed by atoms with E-state index >= 15 is 0 Å². The molecule has 3 atom stereocenters. The second-order valence-electron chi connectivity index (χ2n) is 8.32. The molecule has 24 heavy (non-hydrogen) atoms. The second kappa shape index (κ2) is 10.6. The van der Waals surface area contributed by atoms with Crippen LogP contribution in [0.2, 0.25) is 0 Å². The summed E-state index contributed by atoms with van der Waals surface area (Å²) in [6.07, 6.45) is 11.8. The van der Waals surface area contributed by atoms with Crippen molar-refractivity contribution in [1.82, 2.24) is 10.6 Å². The molecule has 4 heteroatoms. The van der Waals surface area contributed by atoms with E-state index in [0.717, 1.165) is 30.6 Å². The number of urea groups is 1. The number of hydrogen-bond donors (Lipinski definition) is 2. The topological polar surface area (TPSA) is 41.1 Å². The Labute approximate surface area is 153 Å². The van der Waals surface area contributed by atoms with Crippen molar-refractivity contribution in [3.05, 3.63) is 0 Å². The van der Waals surface area contributed by atoms with Crippen LogP contribution in [0.4, 0.5) is 4.79 Å². The molecule has 0 aromatic rings.